The SMILES string of the molecule is CC(C)n1nccc1C1=NC=CCC1COc1ccccc1C=O. The van der Waals surface area contributed by atoms with E-state index in [9.17, 15) is 4.79 Å². The molecule has 2 heterocycles. The van der Waals surface area contributed by atoms with Gasteiger partial charge in [-0.1, -0.05) is 18.2 Å². The van der Waals surface area contributed by atoms with E-state index in [1.807, 2.05) is 41.2 Å². The van der Waals surface area contributed by atoms with Gasteiger partial charge in [0.15, 0.2) is 6.29 Å². The van der Waals surface area contributed by atoms with Crippen molar-refractivity contribution in [1.29, 1.82) is 0 Å². The molecule has 0 radical (unpaired) electrons. The topological polar surface area (TPSA) is 56.5 Å². The van der Waals surface area contributed by atoms with Crippen molar-refractivity contribution in [3.05, 3.63) is 60.1 Å². The molecule has 0 bridgehead atoms. The summed E-state index contributed by atoms with van der Waals surface area (Å²) in [6, 6.07) is 9.52. The molecule has 0 saturated heterocycles. The maximum Gasteiger partial charge on any atom is 0.153 e. The normalized spacial score (nSPS) is 17.0. The lowest BCUT2D eigenvalue weighted by Crippen LogP contribution is -2.27. The number of para-hydroxylation sites is 1. The van der Waals surface area contributed by atoms with Gasteiger partial charge in [-0.25, -0.2) is 0 Å². The van der Waals surface area contributed by atoms with Crippen LogP contribution in [0, 0.1) is 5.92 Å². The maximum absolute atomic E-state index is 11.1. The molecule has 124 valence electrons. The summed E-state index contributed by atoms with van der Waals surface area (Å²) in [5.74, 6) is 0.739. The molecule has 1 unspecified atom stereocenters. The molecule has 1 aromatic carbocycles. The number of carbonyl (C=O) groups is 1. The number of aromatic nitrogens is 2. The van der Waals surface area contributed by atoms with E-state index in [0.717, 1.165) is 24.1 Å². The molecule has 0 saturated carbocycles. The molecule has 1 atom stereocenters. The van der Waals surface area contributed by atoms with Crippen LogP contribution in [0.25, 0.3) is 0 Å². The number of hydrogen-bond donors (Lipinski definition) is 0. The van der Waals surface area contributed by atoms with Crippen LogP contribution < -0.4 is 4.74 Å². The molecule has 0 N–H and O–H groups in total. The number of aliphatic imine (C=N–C) groups is 1. The van der Waals surface area contributed by atoms with Gasteiger partial charge in [0.25, 0.3) is 0 Å². The summed E-state index contributed by atoms with van der Waals surface area (Å²) in [6.07, 6.45) is 7.35. The van der Waals surface area contributed by atoms with E-state index < -0.39 is 0 Å². The minimum Gasteiger partial charge on any atom is -0.492 e. The van der Waals surface area contributed by atoms with E-state index in [2.05, 4.69) is 23.9 Å². The van der Waals surface area contributed by atoms with Gasteiger partial charge in [0.2, 0.25) is 0 Å². The first-order chi connectivity index (χ1) is 11.7. The second-order valence-electron chi connectivity index (χ2n) is 6.05. The van der Waals surface area contributed by atoms with Crippen LogP contribution in [0.5, 0.6) is 5.75 Å². The van der Waals surface area contributed by atoms with E-state index in [1.54, 1.807) is 12.3 Å². The smallest absolute Gasteiger partial charge is 0.153 e. The molecule has 1 aromatic heterocycles. The van der Waals surface area contributed by atoms with Crippen molar-refractivity contribution in [2.24, 2.45) is 10.9 Å². The predicted octanol–water partition coefficient (Wildman–Crippen LogP) is 3.68. The molecule has 0 fully saturated rings. The first kappa shape index (κ1) is 16.2. The van der Waals surface area contributed by atoms with Gasteiger partial charge < -0.3 is 4.74 Å². The van der Waals surface area contributed by atoms with Crippen molar-refractivity contribution in [1.82, 2.24) is 9.78 Å². The van der Waals surface area contributed by atoms with Gasteiger partial charge in [0.1, 0.15) is 5.75 Å². The average molecular weight is 323 g/mol. The zero-order chi connectivity index (χ0) is 16.9. The average Bonchev–Trinajstić information content (AvgIpc) is 3.10. The number of carbonyl (C=O) groups excluding carboxylic acids is 1. The molecule has 1 aliphatic heterocycles. The lowest BCUT2D eigenvalue weighted by molar-refractivity contribution is 0.111. The molecule has 0 spiro atoms. The number of nitrogens with zero attached hydrogens (tertiary/aromatic N) is 3. The van der Waals surface area contributed by atoms with Crippen LogP contribution in [0.3, 0.4) is 0 Å². The van der Waals surface area contributed by atoms with E-state index in [-0.39, 0.29) is 12.0 Å². The number of hydrogen-bond acceptors (Lipinski definition) is 4. The van der Waals surface area contributed by atoms with Crippen LogP contribution >= 0.6 is 0 Å². The Morgan fingerprint density at radius 2 is 2.17 bits per heavy atom. The molecule has 5 nitrogen and oxygen atoms in total. The second-order valence-corrected chi connectivity index (χ2v) is 6.05. The Hall–Kier alpha value is -2.69. The van der Waals surface area contributed by atoms with Gasteiger partial charge in [-0.3, -0.25) is 14.5 Å². The number of ether oxygens (including phenoxy) is 1. The fourth-order valence-corrected chi connectivity index (χ4v) is 2.83. The van der Waals surface area contributed by atoms with Gasteiger partial charge >= 0.3 is 0 Å². The van der Waals surface area contributed by atoms with Crippen LogP contribution in [-0.4, -0.2) is 28.4 Å². The highest BCUT2D eigenvalue weighted by atomic mass is 16.5. The Balaban J connectivity index is 1.80. The predicted molar refractivity (Wildman–Crippen MR) is 93.7 cm³/mol. The second kappa shape index (κ2) is 7.25. The fraction of sp³-hybridized carbons (Fsp3) is 0.316. The third kappa shape index (κ3) is 3.30. The van der Waals surface area contributed by atoms with Crippen molar-refractivity contribution in [3.8, 4) is 5.75 Å². The largest absolute Gasteiger partial charge is 0.492 e. The van der Waals surface area contributed by atoms with E-state index in [1.165, 1.54) is 0 Å². The number of benzene rings is 1. The molecule has 0 amide bonds. The van der Waals surface area contributed by atoms with Gasteiger partial charge in [0, 0.05) is 24.4 Å². The van der Waals surface area contributed by atoms with E-state index in [0.29, 0.717) is 17.9 Å². The molecular weight excluding hydrogens is 302 g/mol. The highest BCUT2D eigenvalue weighted by Crippen LogP contribution is 2.23. The monoisotopic (exact) mass is 323 g/mol. The molecule has 3 rings (SSSR count). The van der Waals surface area contributed by atoms with Crippen molar-refractivity contribution < 1.29 is 9.53 Å². The number of allylic oxidation sites excluding steroid dienone is 1. The third-order valence-electron chi connectivity index (χ3n) is 4.03. The van der Waals surface area contributed by atoms with Gasteiger partial charge in [-0.05, 0) is 38.5 Å². The van der Waals surface area contributed by atoms with Crippen LogP contribution in [0.1, 0.15) is 42.4 Å². The van der Waals surface area contributed by atoms with Crippen molar-refractivity contribution in [3.63, 3.8) is 0 Å². The lowest BCUT2D eigenvalue weighted by atomic mass is 9.95. The van der Waals surface area contributed by atoms with Gasteiger partial charge in [0.05, 0.1) is 23.6 Å². The minimum absolute atomic E-state index is 0.129. The fourth-order valence-electron chi connectivity index (χ4n) is 2.83. The first-order valence-electron chi connectivity index (χ1n) is 8.14. The molecule has 5 heteroatoms. The molecule has 2 aromatic rings. The summed E-state index contributed by atoms with van der Waals surface area (Å²) in [5, 5.41) is 4.40. The third-order valence-corrected chi connectivity index (χ3v) is 4.03. The van der Waals surface area contributed by atoms with E-state index in [4.69, 9.17) is 4.74 Å². The molecular formula is C19H21N3O2. The zero-order valence-electron chi connectivity index (χ0n) is 13.9. The first-order valence-corrected chi connectivity index (χ1v) is 8.14. The Morgan fingerprint density at radius 3 is 2.96 bits per heavy atom. The summed E-state index contributed by atoms with van der Waals surface area (Å²) in [6.45, 7) is 4.67. The maximum atomic E-state index is 11.1. The van der Waals surface area contributed by atoms with E-state index >= 15 is 0 Å². The Kier molecular flexibility index (Phi) is 4.89. The zero-order valence-corrected chi connectivity index (χ0v) is 13.9. The van der Waals surface area contributed by atoms with Crippen molar-refractivity contribution in [2.75, 3.05) is 6.61 Å². The summed E-state index contributed by atoms with van der Waals surface area (Å²) in [4.78, 5) is 15.7. The highest BCUT2D eigenvalue weighted by Gasteiger charge is 2.23. The Bertz CT molecular complexity index is 774. The highest BCUT2D eigenvalue weighted by molar-refractivity contribution is 6.02. The van der Waals surface area contributed by atoms with Crippen LogP contribution in [0.15, 0.2) is 53.8 Å². The molecule has 0 aliphatic carbocycles. The van der Waals surface area contributed by atoms with Crippen LogP contribution in [0.2, 0.25) is 0 Å². The molecule has 1 aliphatic rings. The van der Waals surface area contributed by atoms with Crippen molar-refractivity contribution >= 4 is 12.0 Å². The lowest BCUT2D eigenvalue weighted by Gasteiger charge is -2.22. The summed E-state index contributed by atoms with van der Waals surface area (Å²) < 4.78 is 7.90. The minimum atomic E-state index is 0.129. The van der Waals surface area contributed by atoms with Crippen LogP contribution in [-0.2, 0) is 0 Å². The van der Waals surface area contributed by atoms with Gasteiger partial charge in [-0.15, -0.1) is 0 Å². The number of aldehydes is 1. The summed E-state index contributed by atoms with van der Waals surface area (Å²) in [7, 11) is 0. The standard InChI is InChI=1S/C19H21N3O2/c1-14(2)22-17(9-11-21-22)19-16(7-5-10-20-19)13-24-18-8-4-3-6-15(18)12-23/h3-6,8-12,14,16H,7,13H2,1-2H3. The van der Waals surface area contributed by atoms with Crippen molar-refractivity contribution in [2.45, 2.75) is 26.3 Å². The Labute approximate surface area is 141 Å². The number of rotatable bonds is 6. The quantitative estimate of drug-likeness (QED) is 0.762. The molecule has 24 heavy (non-hydrogen) atoms. The summed E-state index contributed by atoms with van der Waals surface area (Å²) >= 11 is 0. The van der Waals surface area contributed by atoms with Gasteiger partial charge in [-0.2, -0.15) is 5.10 Å². The Morgan fingerprint density at radius 1 is 1.33 bits per heavy atom. The summed E-state index contributed by atoms with van der Waals surface area (Å²) in [5.41, 5.74) is 2.56. The van der Waals surface area contributed by atoms with Crippen LogP contribution in [0.4, 0.5) is 0 Å².